The molecule has 0 fully saturated rings. The highest BCUT2D eigenvalue weighted by atomic mass is 79.9. The Morgan fingerprint density at radius 3 is 2.74 bits per heavy atom. The van der Waals surface area contributed by atoms with Gasteiger partial charge in [-0.15, -0.1) is 0 Å². The minimum atomic E-state index is -1.09. The normalized spacial score (nSPS) is 11.6. The average Bonchev–Trinajstić information content (AvgIpc) is 2.65. The number of nitrogens with zero attached hydrogens (tertiary/aromatic N) is 2. The minimum absolute atomic E-state index is 0.265. The summed E-state index contributed by atoms with van der Waals surface area (Å²) in [5.41, 5.74) is 0. The van der Waals surface area contributed by atoms with Crippen LogP contribution in [0.25, 0.3) is 0 Å². The lowest BCUT2D eigenvalue weighted by molar-refractivity contribution is 0.0461. The number of imidazole rings is 1. The van der Waals surface area contributed by atoms with Gasteiger partial charge in [-0.2, -0.15) is 0 Å². The van der Waals surface area contributed by atoms with Crippen LogP contribution in [-0.4, -0.2) is 36.8 Å². The Morgan fingerprint density at radius 2 is 2.16 bits per heavy atom. The van der Waals surface area contributed by atoms with Crippen LogP contribution in [-0.2, 0) is 16.2 Å². The number of halogens is 1. The Bertz CT molecular complexity index is 429. The summed E-state index contributed by atoms with van der Waals surface area (Å²) >= 11 is 3.35. The highest BCUT2D eigenvalue weighted by molar-refractivity contribution is 9.10. The number of ether oxygens (including phenoxy) is 2. The first-order chi connectivity index (χ1) is 8.85. The second kappa shape index (κ2) is 7.21. The van der Waals surface area contributed by atoms with Crippen LogP contribution in [0.3, 0.4) is 0 Å². The summed E-state index contributed by atoms with van der Waals surface area (Å²) in [6.07, 6.45) is 1.58. The molecule has 0 aliphatic rings. The molecule has 0 aromatic carbocycles. The monoisotopic (exact) mass is 348 g/mol. The molecular weight excluding hydrogens is 328 g/mol. The molecule has 1 rings (SSSR count). The van der Waals surface area contributed by atoms with E-state index >= 15 is 0 Å². The van der Waals surface area contributed by atoms with Gasteiger partial charge in [-0.05, 0) is 28.9 Å². The predicted molar refractivity (Wildman–Crippen MR) is 80.0 cm³/mol. The summed E-state index contributed by atoms with van der Waals surface area (Å²) in [4.78, 5) is 15.7. The zero-order valence-electron chi connectivity index (χ0n) is 11.9. The molecule has 0 radical (unpaired) electrons. The summed E-state index contributed by atoms with van der Waals surface area (Å²) in [7, 11) is -1.09. The molecule has 0 bridgehead atoms. The molecule has 0 amide bonds. The predicted octanol–water partition coefficient (Wildman–Crippen LogP) is 3.13. The lowest BCUT2D eigenvalue weighted by Gasteiger charge is -2.16. The molecule has 1 heterocycles. The molecule has 0 unspecified atom stereocenters. The quantitative estimate of drug-likeness (QED) is 0.431. The molecular formula is C12H21BrN2O3Si. The summed E-state index contributed by atoms with van der Waals surface area (Å²) < 4.78 is 13.0. The maximum atomic E-state index is 11.7. The first-order valence-corrected chi connectivity index (χ1v) is 10.8. The number of esters is 1. The van der Waals surface area contributed by atoms with E-state index in [9.17, 15) is 4.79 Å². The molecule has 0 aliphatic heterocycles. The minimum Gasteiger partial charge on any atom is -0.460 e. The van der Waals surface area contributed by atoms with Crippen LogP contribution in [0.2, 0.25) is 25.7 Å². The second-order valence-corrected chi connectivity index (χ2v) is 11.8. The Kier molecular flexibility index (Phi) is 6.22. The van der Waals surface area contributed by atoms with Crippen LogP contribution in [0, 0.1) is 0 Å². The Labute approximate surface area is 123 Å². The van der Waals surface area contributed by atoms with Gasteiger partial charge in [-0.25, -0.2) is 9.78 Å². The molecule has 1 aromatic rings. The van der Waals surface area contributed by atoms with Gasteiger partial charge in [0.05, 0.1) is 12.8 Å². The number of aromatic nitrogens is 2. The molecule has 0 aliphatic carbocycles. The summed E-state index contributed by atoms with van der Waals surface area (Å²) in [5.74, 6) is -0.163. The van der Waals surface area contributed by atoms with Gasteiger partial charge in [0.2, 0.25) is 5.82 Å². The van der Waals surface area contributed by atoms with Crippen molar-refractivity contribution in [2.24, 2.45) is 0 Å². The molecule has 0 spiro atoms. The van der Waals surface area contributed by atoms with Crippen LogP contribution < -0.4 is 0 Å². The maximum absolute atomic E-state index is 11.7. The highest BCUT2D eigenvalue weighted by Crippen LogP contribution is 2.14. The fourth-order valence-corrected chi connectivity index (χ4v) is 2.50. The second-order valence-electron chi connectivity index (χ2n) is 5.40. The smallest absolute Gasteiger partial charge is 0.374 e. The van der Waals surface area contributed by atoms with Crippen molar-refractivity contribution < 1.29 is 14.3 Å². The Hall–Kier alpha value is -0.663. The van der Waals surface area contributed by atoms with Crippen molar-refractivity contribution in [3.8, 4) is 0 Å². The van der Waals surface area contributed by atoms with E-state index in [1.54, 1.807) is 17.7 Å². The highest BCUT2D eigenvalue weighted by Gasteiger charge is 2.17. The van der Waals surface area contributed by atoms with Gasteiger partial charge in [-0.1, -0.05) is 19.6 Å². The topological polar surface area (TPSA) is 53.3 Å². The SMILES string of the molecule is CCOC(=O)c1ncc(Br)n1COCC[Si](C)(C)C. The molecule has 0 N–H and O–H groups in total. The van der Waals surface area contributed by atoms with Gasteiger partial charge in [0, 0.05) is 14.7 Å². The third kappa shape index (κ3) is 5.46. The van der Waals surface area contributed by atoms with E-state index in [1.165, 1.54) is 0 Å². The molecule has 108 valence electrons. The van der Waals surface area contributed by atoms with Crippen LogP contribution in [0.1, 0.15) is 17.5 Å². The fraction of sp³-hybridized carbons (Fsp3) is 0.667. The van der Waals surface area contributed by atoms with Crippen molar-refractivity contribution in [3.05, 3.63) is 16.6 Å². The van der Waals surface area contributed by atoms with Crippen molar-refractivity contribution in [1.29, 1.82) is 0 Å². The largest absolute Gasteiger partial charge is 0.460 e. The number of carbonyl (C=O) groups excluding carboxylic acids is 1. The van der Waals surface area contributed by atoms with Crippen LogP contribution in [0.4, 0.5) is 0 Å². The van der Waals surface area contributed by atoms with Gasteiger partial charge in [0.1, 0.15) is 11.3 Å². The number of carbonyl (C=O) groups is 1. The molecule has 0 saturated carbocycles. The van der Waals surface area contributed by atoms with Gasteiger partial charge in [0.15, 0.2) is 0 Å². The Balaban J connectivity index is 2.58. The third-order valence-corrected chi connectivity index (χ3v) is 4.82. The molecule has 19 heavy (non-hydrogen) atoms. The van der Waals surface area contributed by atoms with E-state index in [4.69, 9.17) is 9.47 Å². The van der Waals surface area contributed by atoms with E-state index in [2.05, 4.69) is 40.6 Å². The van der Waals surface area contributed by atoms with E-state index in [-0.39, 0.29) is 5.82 Å². The Morgan fingerprint density at radius 1 is 1.47 bits per heavy atom. The number of rotatable bonds is 7. The van der Waals surface area contributed by atoms with Gasteiger partial charge in [-0.3, -0.25) is 4.57 Å². The average molecular weight is 349 g/mol. The molecule has 1 aromatic heterocycles. The van der Waals surface area contributed by atoms with Crippen molar-refractivity contribution in [3.63, 3.8) is 0 Å². The van der Waals surface area contributed by atoms with Crippen molar-refractivity contribution >= 4 is 30.0 Å². The zero-order chi connectivity index (χ0) is 14.5. The van der Waals surface area contributed by atoms with Gasteiger partial charge in [0.25, 0.3) is 0 Å². The van der Waals surface area contributed by atoms with E-state index in [0.29, 0.717) is 24.5 Å². The first kappa shape index (κ1) is 16.4. The van der Waals surface area contributed by atoms with Crippen molar-refractivity contribution in [1.82, 2.24) is 9.55 Å². The lowest BCUT2D eigenvalue weighted by Crippen LogP contribution is -2.22. The van der Waals surface area contributed by atoms with Crippen molar-refractivity contribution in [2.45, 2.75) is 39.3 Å². The zero-order valence-corrected chi connectivity index (χ0v) is 14.5. The van der Waals surface area contributed by atoms with Crippen LogP contribution >= 0.6 is 15.9 Å². The van der Waals surface area contributed by atoms with Crippen LogP contribution in [0.5, 0.6) is 0 Å². The van der Waals surface area contributed by atoms with E-state index in [0.717, 1.165) is 6.04 Å². The van der Waals surface area contributed by atoms with Crippen molar-refractivity contribution in [2.75, 3.05) is 13.2 Å². The van der Waals surface area contributed by atoms with Gasteiger partial charge >= 0.3 is 5.97 Å². The number of hydrogen-bond donors (Lipinski definition) is 0. The van der Waals surface area contributed by atoms with E-state index < -0.39 is 14.0 Å². The molecule has 5 nitrogen and oxygen atoms in total. The summed E-state index contributed by atoms with van der Waals surface area (Å²) in [6.45, 7) is 10.0. The maximum Gasteiger partial charge on any atom is 0.374 e. The lowest BCUT2D eigenvalue weighted by atomic mass is 10.6. The molecule has 0 saturated heterocycles. The first-order valence-electron chi connectivity index (χ1n) is 6.31. The summed E-state index contributed by atoms with van der Waals surface area (Å²) in [6, 6.07) is 1.09. The standard InChI is InChI=1S/C12H21BrN2O3Si/c1-5-18-12(16)11-14-8-10(13)15(11)9-17-6-7-19(2,3)4/h8H,5-7,9H2,1-4H3. The number of hydrogen-bond acceptors (Lipinski definition) is 4. The third-order valence-electron chi connectivity index (χ3n) is 2.48. The fourth-order valence-electron chi connectivity index (χ4n) is 1.37. The van der Waals surface area contributed by atoms with E-state index in [1.807, 2.05) is 0 Å². The van der Waals surface area contributed by atoms with Gasteiger partial charge < -0.3 is 9.47 Å². The molecule has 0 atom stereocenters. The molecule has 7 heteroatoms. The van der Waals surface area contributed by atoms with Crippen LogP contribution in [0.15, 0.2) is 10.8 Å². The summed E-state index contributed by atoms with van der Waals surface area (Å²) in [5, 5.41) is 0.